The minimum atomic E-state index is -0.774. The predicted octanol–water partition coefficient (Wildman–Crippen LogP) is 1.34. The summed E-state index contributed by atoms with van der Waals surface area (Å²) in [5, 5.41) is 4.10. The fraction of sp³-hybridized carbons (Fsp3) is 0.304. The predicted molar refractivity (Wildman–Crippen MR) is 114 cm³/mol. The number of esters is 1. The molecular formula is C23H20N4O8. The lowest BCUT2D eigenvalue weighted by atomic mass is 10.1. The van der Waals surface area contributed by atoms with Gasteiger partial charge in [-0.15, -0.1) is 5.10 Å². The summed E-state index contributed by atoms with van der Waals surface area (Å²) in [6.45, 7) is 0.00105. The molecular weight excluding hydrogens is 460 g/mol. The van der Waals surface area contributed by atoms with E-state index in [9.17, 15) is 9.59 Å². The third kappa shape index (κ3) is 3.97. The normalized spacial score (nSPS) is 26.5. The molecule has 35 heavy (non-hydrogen) atoms. The van der Waals surface area contributed by atoms with Gasteiger partial charge in [0.15, 0.2) is 24.0 Å². The molecule has 5 atom stereocenters. The lowest BCUT2D eigenvalue weighted by Crippen LogP contribution is -2.32. The van der Waals surface area contributed by atoms with E-state index in [1.807, 2.05) is 30.3 Å². The summed E-state index contributed by atoms with van der Waals surface area (Å²) < 4.78 is 35.9. The number of carbonyl (C=O) groups excluding carboxylic acids is 2. The number of aromatic nitrogens is 3. The number of primary amides is 1. The van der Waals surface area contributed by atoms with Crippen LogP contribution < -0.4 is 15.2 Å². The lowest BCUT2D eigenvalue weighted by molar-refractivity contribution is -0.156. The molecule has 2 saturated heterocycles. The maximum atomic E-state index is 12.7. The molecule has 1 aromatic heterocycles. The summed E-state index contributed by atoms with van der Waals surface area (Å²) in [5.74, 6) is -0.425. The second kappa shape index (κ2) is 8.65. The second-order valence-electron chi connectivity index (χ2n) is 8.09. The van der Waals surface area contributed by atoms with E-state index < -0.39 is 42.7 Å². The highest BCUT2D eigenvalue weighted by Gasteiger charge is 2.54. The van der Waals surface area contributed by atoms with Crippen LogP contribution in [0.15, 0.2) is 54.9 Å². The van der Waals surface area contributed by atoms with Gasteiger partial charge in [0.2, 0.25) is 12.6 Å². The molecule has 0 spiro atoms. The number of hydrogen-bond acceptors (Lipinski definition) is 10. The number of nitrogens with zero attached hydrogens (tertiary/aromatic N) is 3. The van der Waals surface area contributed by atoms with Crippen molar-refractivity contribution in [3.8, 4) is 11.5 Å². The van der Waals surface area contributed by atoms with Gasteiger partial charge in [0.25, 0.3) is 5.91 Å². The fourth-order valence-corrected chi connectivity index (χ4v) is 4.22. The highest BCUT2D eigenvalue weighted by atomic mass is 16.8. The maximum absolute atomic E-state index is 12.7. The van der Waals surface area contributed by atoms with E-state index in [0.717, 1.165) is 5.56 Å². The summed E-state index contributed by atoms with van der Waals surface area (Å²) >= 11 is 0. The Hall–Kier alpha value is -4.00. The molecule has 2 N–H and O–H groups in total. The standard InChI is InChI=1S/C23H20N4O8/c24-19(28)20-25-10-27(26-20)21-18-17(34-23(35-18)12-4-2-1-3-5-12)16(33-21)9-30-22(29)13-6-7-14-15(8-13)32-11-31-14/h1-8,10,16-18,21,23H,9,11H2,(H2,24,28)/t16?,17?,18?,21-,23?/m1/s1. The molecule has 0 aliphatic carbocycles. The Bertz CT molecular complexity index is 1270. The molecule has 3 aliphatic heterocycles. The van der Waals surface area contributed by atoms with Crippen molar-refractivity contribution < 1.29 is 38.0 Å². The van der Waals surface area contributed by atoms with Crippen LogP contribution in [0, 0.1) is 0 Å². The van der Waals surface area contributed by atoms with Crippen molar-refractivity contribution in [2.24, 2.45) is 5.73 Å². The SMILES string of the molecule is NC(=O)c1ncn([C@@H]2OC(COC(=O)c3ccc4c(c3)OCO4)C3OC(c4ccccc4)OC32)n1. The van der Waals surface area contributed by atoms with Crippen LogP contribution in [0.5, 0.6) is 11.5 Å². The molecule has 2 aromatic carbocycles. The number of hydrogen-bond donors (Lipinski definition) is 1. The Morgan fingerprint density at radius 2 is 1.83 bits per heavy atom. The first-order valence-corrected chi connectivity index (χ1v) is 10.9. The zero-order valence-corrected chi connectivity index (χ0v) is 18.2. The van der Waals surface area contributed by atoms with Gasteiger partial charge in [0.1, 0.15) is 31.2 Å². The molecule has 6 rings (SSSR count). The number of ether oxygens (including phenoxy) is 6. The Morgan fingerprint density at radius 1 is 1.03 bits per heavy atom. The van der Waals surface area contributed by atoms with E-state index in [4.69, 9.17) is 34.2 Å². The molecule has 1 amide bonds. The van der Waals surface area contributed by atoms with Crippen molar-refractivity contribution in [3.63, 3.8) is 0 Å². The van der Waals surface area contributed by atoms with Gasteiger partial charge in [0, 0.05) is 5.56 Å². The summed E-state index contributed by atoms with van der Waals surface area (Å²) in [5.41, 5.74) is 6.42. The number of carbonyl (C=O) groups is 2. The first-order valence-electron chi connectivity index (χ1n) is 10.9. The molecule has 3 aromatic rings. The van der Waals surface area contributed by atoms with E-state index in [0.29, 0.717) is 17.1 Å². The lowest BCUT2D eigenvalue weighted by Gasteiger charge is -2.20. The monoisotopic (exact) mass is 480 g/mol. The van der Waals surface area contributed by atoms with Gasteiger partial charge >= 0.3 is 5.97 Å². The zero-order valence-electron chi connectivity index (χ0n) is 18.2. The van der Waals surface area contributed by atoms with Gasteiger partial charge in [-0.2, -0.15) is 0 Å². The van der Waals surface area contributed by atoms with Gasteiger partial charge in [-0.25, -0.2) is 14.5 Å². The first kappa shape index (κ1) is 21.5. The first-order chi connectivity index (χ1) is 17.1. The molecule has 2 fully saturated rings. The van der Waals surface area contributed by atoms with Gasteiger partial charge in [-0.3, -0.25) is 4.79 Å². The van der Waals surface area contributed by atoms with Crippen LogP contribution >= 0.6 is 0 Å². The average molecular weight is 480 g/mol. The van der Waals surface area contributed by atoms with Crippen molar-refractivity contribution in [3.05, 3.63) is 71.8 Å². The van der Waals surface area contributed by atoms with Gasteiger partial charge in [-0.1, -0.05) is 30.3 Å². The minimum absolute atomic E-state index is 0.104. The van der Waals surface area contributed by atoms with Gasteiger partial charge in [-0.05, 0) is 18.2 Å². The van der Waals surface area contributed by atoms with Crippen molar-refractivity contribution in [1.29, 1.82) is 0 Å². The molecule has 12 nitrogen and oxygen atoms in total. The zero-order chi connectivity index (χ0) is 23.9. The summed E-state index contributed by atoms with van der Waals surface area (Å²) in [4.78, 5) is 28.1. The molecule has 0 saturated carbocycles. The van der Waals surface area contributed by atoms with Crippen LogP contribution in [0.25, 0.3) is 0 Å². The van der Waals surface area contributed by atoms with Crippen LogP contribution in [0.2, 0.25) is 0 Å². The fourth-order valence-electron chi connectivity index (χ4n) is 4.22. The highest BCUT2D eigenvalue weighted by molar-refractivity contribution is 5.90. The van der Waals surface area contributed by atoms with Crippen molar-refractivity contribution in [2.45, 2.75) is 30.8 Å². The smallest absolute Gasteiger partial charge is 0.338 e. The maximum Gasteiger partial charge on any atom is 0.338 e. The molecule has 4 unspecified atom stereocenters. The Labute approximate surface area is 198 Å². The topological polar surface area (TPSA) is 146 Å². The van der Waals surface area contributed by atoms with Crippen molar-refractivity contribution in [1.82, 2.24) is 14.8 Å². The molecule has 0 bridgehead atoms. The van der Waals surface area contributed by atoms with Crippen molar-refractivity contribution >= 4 is 11.9 Å². The summed E-state index contributed by atoms with van der Waals surface area (Å²) in [6.07, 6.45) is -1.93. The van der Waals surface area contributed by atoms with Crippen LogP contribution in [-0.4, -0.2) is 58.4 Å². The Morgan fingerprint density at radius 3 is 2.63 bits per heavy atom. The van der Waals surface area contributed by atoms with E-state index >= 15 is 0 Å². The Kier molecular flexibility index (Phi) is 5.32. The van der Waals surface area contributed by atoms with E-state index in [1.165, 1.54) is 11.0 Å². The van der Waals surface area contributed by atoms with E-state index in [1.54, 1.807) is 18.2 Å². The van der Waals surface area contributed by atoms with Gasteiger partial charge in [0.05, 0.1) is 5.56 Å². The van der Waals surface area contributed by atoms with Crippen molar-refractivity contribution in [2.75, 3.05) is 13.4 Å². The number of rotatable bonds is 6. The highest BCUT2D eigenvalue weighted by Crippen LogP contribution is 2.44. The molecule has 0 radical (unpaired) electrons. The number of nitrogens with two attached hydrogens (primary N) is 1. The molecule has 12 heteroatoms. The summed E-state index contributed by atoms with van der Waals surface area (Å²) in [6, 6.07) is 14.2. The van der Waals surface area contributed by atoms with E-state index in [2.05, 4.69) is 10.1 Å². The number of amides is 1. The minimum Gasteiger partial charge on any atom is -0.459 e. The third-order valence-electron chi connectivity index (χ3n) is 5.90. The quantitative estimate of drug-likeness (QED) is 0.513. The van der Waals surface area contributed by atoms with Gasteiger partial charge < -0.3 is 34.2 Å². The molecule has 4 heterocycles. The molecule has 3 aliphatic rings. The van der Waals surface area contributed by atoms with Crippen LogP contribution in [-0.2, 0) is 18.9 Å². The second-order valence-corrected chi connectivity index (χ2v) is 8.09. The third-order valence-corrected chi connectivity index (χ3v) is 5.90. The number of benzene rings is 2. The summed E-state index contributed by atoms with van der Waals surface area (Å²) in [7, 11) is 0. The van der Waals surface area contributed by atoms with E-state index in [-0.39, 0.29) is 19.2 Å². The van der Waals surface area contributed by atoms with Crippen LogP contribution in [0.1, 0.15) is 39.1 Å². The average Bonchev–Trinajstić information content (AvgIpc) is 3.66. The van der Waals surface area contributed by atoms with Crippen LogP contribution in [0.3, 0.4) is 0 Å². The Balaban J connectivity index is 1.20. The molecule has 180 valence electrons. The van der Waals surface area contributed by atoms with Crippen LogP contribution in [0.4, 0.5) is 0 Å². The largest absolute Gasteiger partial charge is 0.459 e. The number of fused-ring (bicyclic) bond motifs is 2.